The quantitative estimate of drug-likeness (QED) is 0.461. The van der Waals surface area contributed by atoms with Gasteiger partial charge in [-0.2, -0.15) is 0 Å². The third-order valence-electron chi connectivity index (χ3n) is 1.83. The van der Waals surface area contributed by atoms with Crippen molar-refractivity contribution in [3.63, 3.8) is 0 Å². The molecule has 1 aromatic rings. The van der Waals surface area contributed by atoms with E-state index in [0.717, 1.165) is 6.07 Å². The zero-order valence-electron chi connectivity index (χ0n) is 8.24. The summed E-state index contributed by atoms with van der Waals surface area (Å²) < 4.78 is 0. The maximum absolute atomic E-state index is 10.6. The Bertz CT molecular complexity index is 476. The Morgan fingerprint density at radius 2 is 2.31 bits per heavy atom. The van der Waals surface area contributed by atoms with Crippen molar-refractivity contribution in [1.29, 1.82) is 0 Å². The summed E-state index contributed by atoms with van der Waals surface area (Å²) in [6.07, 6.45) is 3.12. The molecule has 6 nitrogen and oxygen atoms in total. The standard InChI is InChI=1S/C10H9N3O3/c11-13-12-5-1-2-7-3-4-8(10(15)16)6-9(7)14/h1-4,6,14H,5H2,(H,15,16). The molecule has 0 atom stereocenters. The van der Waals surface area contributed by atoms with E-state index in [1.807, 2.05) is 0 Å². The van der Waals surface area contributed by atoms with Gasteiger partial charge in [-0.1, -0.05) is 23.3 Å². The molecule has 0 aromatic heterocycles. The molecule has 16 heavy (non-hydrogen) atoms. The monoisotopic (exact) mass is 219 g/mol. The van der Waals surface area contributed by atoms with E-state index >= 15 is 0 Å². The largest absolute Gasteiger partial charge is 0.507 e. The van der Waals surface area contributed by atoms with Crippen molar-refractivity contribution in [2.45, 2.75) is 0 Å². The van der Waals surface area contributed by atoms with E-state index < -0.39 is 5.97 Å². The van der Waals surface area contributed by atoms with Gasteiger partial charge in [-0.25, -0.2) is 4.79 Å². The van der Waals surface area contributed by atoms with Crippen LogP contribution in [0.15, 0.2) is 29.4 Å². The third-order valence-corrected chi connectivity index (χ3v) is 1.83. The van der Waals surface area contributed by atoms with Crippen LogP contribution < -0.4 is 0 Å². The predicted octanol–water partition coefficient (Wildman–Crippen LogP) is 2.41. The van der Waals surface area contributed by atoms with E-state index in [2.05, 4.69) is 10.0 Å². The van der Waals surface area contributed by atoms with E-state index in [1.165, 1.54) is 12.1 Å². The lowest BCUT2D eigenvalue weighted by Gasteiger charge is -2.00. The first kappa shape index (κ1) is 11.6. The highest BCUT2D eigenvalue weighted by molar-refractivity contribution is 5.88. The van der Waals surface area contributed by atoms with Gasteiger partial charge < -0.3 is 10.2 Å². The van der Waals surface area contributed by atoms with Gasteiger partial charge in [-0.15, -0.1) is 0 Å². The first-order chi connectivity index (χ1) is 7.65. The molecule has 0 bridgehead atoms. The molecule has 0 spiro atoms. The van der Waals surface area contributed by atoms with Gasteiger partial charge in [0.15, 0.2) is 0 Å². The van der Waals surface area contributed by atoms with Gasteiger partial charge in [-0.3, -0.25) is 0 Å². The van der Waals surface area contributed by atoms with Crippen LogP contribution in [0.1, 0.15) is 15.9 Å². The number of nitrogens with zero attached hydrogens (tertiary/aromatic N) is 3. The van der Waals surface area contributed by atoms with Gasteiger partial charge in [0, 0.05) is 17.0 Å². The van der Waals surface area contributed by atoms with E-state index in [-0.39, 0.29) is 17.9 Å². The average Bonchev–Trinajstić information content (AvgIpc) is 2.26. The van der Waals surface area contributed by atoms with Gasteiger partial charge in [-0.05, 0) is 17.7 Å². The molecule has 6 heteroatoms. The maximum atomic E-state index is 10.6. The summed E-state index contributed by atoms with van der Waals surface area (Å²) in [6, 6.07) is 4.02. The number of carboxylic acid groups (broad SMARTS) is 1. The second-order valence-corrected chi connectivity index (χ2v) is 2.89. The SMILES string of the molecule is [N-]=[N+]=NCC=Cc1ccc(C(=O)O)cc1O. The molecule has 2 N–H and O–H groups in total. The van der Waals surface area contributed by atoms with Gasteiger partial charge >= 0.3 is 5.97 Å². The number of rotatable bonds is 4. The Morgan fingerprint density at radius 3 is 2.88 bits per heavy atom. The Hall–Kier alpha value is -2.46. The molecule has 0 heterocycles. The van der Waals surface area contributed by atoms with Gasteiger partial charge in [0.25, 0.3) is 0 Å². The molecular formula is C10H9N3O3. The molecule has 0 saturated heterocycles. The smallest absolute Gasteiger partial charge is 0.335 e. The highest BCUT2D eigenvalue weighted by Crippen LogP contribution is 2.20. The maximum Gasteiger partial charge on any atom is 0.335 e. The van der Waals surface area contributed by atoms with Crippen LogP contribution in [0, 0.1) is 0 Å². The van der Waals surface area contributed by atoms with Crippen LogP contribution in [-0.4, -0.2) is 22.7 Å². The van der Waals surface area contributed by atoms with E-state index in [4.69, 9.17) is 10.6 Å². The van der Waals surface area contributed by atoms with E-state index in [1.54, 1.807) is 12.2 Å². The number of hydrogen-bond acceptors (Lipinski definition) is 3. The van der Waals surface area contributed by atoms with Crippen molar-refractivity contribution in [3.8, 4) is 5.75 Å². The molecule has 1 aromatic carbocycles. The van der Waals surface area contributed by atoms with Crippen molar-refractivity contribution in [2.24, 2.45) is 5.11 Å². The molecule has 0 radical (unpaired) electrons. The summed E-state index contributed by atoms with van der Waals surface area (Å²) in [5, 5.41) is 21.4. The average molecular weight is 219 g/mol. The van der Waals surface area contributed by atoms with Crippen molar-refractivity contribution in [3.05, 3.63) is 45.8 Å². The number of hydrogen-bond donors (Lipinski definition) is 2. The summed E-state index contributed by atoms with van der Waals surface area (Å²) >= 11 is 0. The van der Waals surface area contributed by atoms with Gasteiger partial charge in [0.05, 0.1) is 5.56 Å². The van der Waals surface area contributed by atoms with Gasteiger partial charge in [0.1, 0.15) is 5.75 Å². The Balaban J connectivity index is 2.86. The highest BCUT2D eigenvalue weighted by atomic mass is 16.4. The summed E-state index contributed by atoms with van der Waals surface area (Å²) in [5.41, 5.74) is 8.51. The second-order valence-electron chi connectivity index (χ2n) is 2.89. The number of azide groups is 1. The van der Waals surface area contributed by atoms with Crippen LogP contribution in [0.2, 0.25) is 0 Å². The van der Waals surface area contributed by atoms with E-state index in [0.29, 0.717) is 5.56 Å². The van der Waals surface area contributed by atoms with Crippen LogP contribution in [0.25, 0.3) is 16.5 Å². The number of phenolic OH excluding ortho intramolecular Hbond substituents is 1. The summed E-state index contributed by atoms with van der Waals surface area (Å²) in [7, 11) is 0. The fraction of sp³-hybridized carbons (Fsp3) is 0.100. The molecule has 0 aliphatic heterocycles. The second kappa shape index (κ2) is 5.43. The molecular weight excluding hydrogens is 210 g/mol. The minimum Gasteiger partial charge on any atom is -0.507 e. The number of carbonyl (C=O) groups is 1. The lowest BCUT2D eigenvalue weighted by molar-refractivity contribution is 0.0696. The molecule has 0 fully saturated rings. The normalized spacial score (nSPS) is 10.0. The van der Waals surface area contributed by atoms with Crippen LogP contribution in [0.3, 0.4) is 0 Å². The van der Waals surface area contributed by atoms with E-state index in [9.17, 15) is 9.90 Å². The van der Waals surface area contributed by atoms with Crippen LogP contribution >= 0.6 is 0 Å². The zero-order chi connectivity index (χ0) is 12.0. The highest BCUT2D eigenvalue weighted by Gasteiger charge is 2.05. The lowest BCUT2D eigenvalue weighted by Crippen LogP contribution is -1.95. The number of aromatic carboxylic acids is 1. The minimum absolute atomic E-state index is 0.0182. The molecule has 82 valence electrons. The summed E-state index contributed by atoms with van der Waals surface area (Å²) in [4.78, 5) is 13.1. The summed E-state index contributed by atoms with van der Waals surface area (Å²) in [6.45, 7) is 0.177. The Labute approximate surface area is 91.1 Å². The number of carboxylic acids is 1. The van der Waals surface area contributed by atoms with Gasteiger partial charge in [0.2, 0.25) is 0 Å². The zero-order valence-corrected chi connectivity index (χ0v) is 8.24. The molecule has 0 saturated carbocycles. The molecule has 1 rings (SSSR count). The summed E-state index contributed by atoms with van der Waals surface area (Å²) in [5.74, 6) is -1.23. The van der Waals surface area contributed by atoms with Crippen molar-refractivity contribution >= 4 is 12.0 Å². The van der Waals surface area contributed by atoms with Crippen LogP contribution in [-0.2, 0) is 0 Å². The third kappa shape index (κ3) is 3.04. The Morgan fingerprint density at radius 1 is 1.56 bits per heavy atom. The molecule has 0 aliphatic carbocycles. The number of phenols is 1. The molecule has 0 amide bonds. The fourth-order valence-corrected chi connectivity index (χ4v) is 1.08. The first-order valence-electron chi connectivity index (χ1n) is 4.39. The Kier molecular flexibility index (Phi) is 3.94. The predicted molar refractivity (Wildman–Crippen MR) is 58.1 cm³/mol. The van der Waals surface area contributed by atoms with Crippen molar-refractivity contribution in [2.75, 3.05) is 6.54 Å². The first-order valence-corrected chi connectivity index (χ1v) is 4.39. The van der Waals surface area contributed by atoms with Crippen molar-refractivity contribution in [1.82, 2.24) is 0 Å². The topological polar surface area (TPSA) is 106 Å². The number of aromatic hydroxyl groups is 1. The molecule has 0 aliphatic rings. The fourth-order valence-electron chi connectivity index (χ4n) is 1.08. The van der Waals surface area contributed by atoms with Crippen molar-refractivity contribution < 1.29 is 15.0 Å². The molecule has 0 unspecified atom stereocenters. The van der Waals surface area contributed by atoms with Crippen LogP contribution in [0.4, 0.5) is 0 Å². The lowest BCUT2D eigenvalue weighted by atomic mass is 10.1. The number of benzene rings is 1. The minimum atomic E-state index is -1.10. The van der Waals surface area contributed by atoms with Crippen LogP contribution in [0.5, 0.6) is 5.75 Å².